The fraction of sp³-hybridized carbons (Fsp3) is 0.318. The van der Waals surface area contributed by atoms with Gasteiger partial charge in [-0.25, -0.2) is 14.6 Å². The summed E-state index contributed by atoms with van der Waals surface area (Å²) in [6.45, 7) is 1.89. The molecule has 0 atom stereocenters. The summed E-state index contributed by atoms with van der Waals surface area (Å²) in [5.74, 6) is 1.64. The number of anilines is 1. The van der Waals surface area contributed by atoms with Crippen LogP contribution in [0.1, 0.15) is 37.8 Å². The van der Waals surface area contributed by atoms with Crippen LogP contribution in [0, 0.1) is 12.8 Å². The average Bonchev–Trinajstić information content (AvgIpc) is 3.49. The van der Waals surface area contributed by atoms with Gasteiger partial charge in [0.15, 0.2) is 11.5 Å². The molecule has 8 nitrogen and oxygen atoms in total. The van der Waals surface area contributed by atoms with E-state index in [1.165, 1.54) is 19.2 Å². The zero-order valence-corrected chi connectivity index (χ0v) is 17.9. The van der Waals surface area contributed by atoms with Crippen molar-refractivity contribution in [3.05, 3.63) is 53.6 Å². The molecule has 1 N–H and O–H groups in total. The van der Waals surface area contributed by atoms with Crippen LogP contribution in [-0.2, 0) is 4.79 Å². The van der Waals surface area contributed by atoms with Crippen molar-refractivity contribution < 1.29 is 4.79 Å². The van der Waals surface area contributed by atoms with E-state index in [1.807, 2.05) is 25.1 Å². The Labute approximate surface area is 184 Å². The summed E-state index contributed by atoms with van der Waals surface area (Å²) >= 11 is 6.01. The predicted octanol–water partition coefficient (Wildman–Crippen LogP) is 4.48. The summed E-state index contributed by atoms with van der Waals surface area (Å²) in [5.41, 5.74) is 2.27. The molecule has 1 aliphatic carbocycles. The molecular weight excluding hydrogens is 414 g/mol. The zero-order valence-electron chi connectivity index (χ0n) is 17.1. The van der Waals surface area contributed by atoms with Gasteiger partial charge in [-0.05, 0) is 49.9 Å². The van der Waals surface area contributed by atoms with Crippen molar-refractivity contribution in [2.24, 2.45) is 5.92 Å². The van der Waals surface area contributed by atoms with Gasteiger partial charge in [0.25, 0.3) is 0 Å². The molecule has 5 rings (SSSR count). The van der Waals surface area contributed by atoms with E-state index in [0.29, 0.717) is 34.6 Å². The van der Waals surface area contributed by atoms with Crippen LogP contribution in [0.2, 0.25) is 5.02 Å². The number of hydrogen-bond donors (Lipinski definition) is 1. The highest BCUT2D eigenvalue weighted by Crippen LogP contribution is 2.29. The van der Waals surface area contributed by atoms with E-state index in [1.54, 1.807) is 27.7 Å². The Morgan fingerprint density at radius 1 is 1.16 bits per heavy atom. The molecule has 1 aromatic carbocycles. The van der Waals surface area contributed by atoms with Gasteiger partial charge in [-0.1, -0.05) is 24.4 Å². The van der Waals surface area contributed by atoms with Crippen molar-refractivity contribution in [2.45, 2.75) is 39.0 Å². The number of nitrogens with zero attached hydrogens (tertiary/aromatic N) is 6. The third-order valence-electron chi connectivity index (χ3n) is 5.66. The van der Waals surface area contributed by atoms with Crippen LogP contribution < -0.4 is 5.32 Å². The minimum atomic E-state index is 0.00945. The average molecular weight is 436 g/mol. The second-order valence-electron chi connectivity index (χ2n) is 7.95. The van der Waals surface area contributed by atoms with Crippen LogP contribution in [0.5, 0.6) is 0 Å². The Hall–Kier alpha value is -3.26. The first-order valence-corrected chi connectivity index (χ1v) is 10.8. The summed E-state index contributed by atoms with van der Waals surface area (Å²) < 4.78 is 3.38. The fourth-order valence-corrected chi connectivity index (χ4v) is 4.32. The lowest BCUT2D eigenvalue weighted by atomic mass is 10.0. The van der Waals surface area contributed by atoms with Gasteiger partial charge in [-0.15, -0.1) is 0 Å². The minimum absolute atomic E-state index is 0.00945. The Balaban J connectivity index is 1.50. The topological polar surface area (TPSA) is 90.5 Å². The standard InChI is InChI=1S/C22H22ClN7O/c1-14-10-19(27-20(31)11-15-4-2-3-5-15)30(28-14)22-18-12-26-29(21(18)24-13-25-22)17-8-6-16(23)7-9-17/h6-10,12-13,15H,2-5,11H2,1H3,(H,27,31). The molecule has 0 unspecified atom stereocenters. The number of hydrogen-bond acceptors (Lipinski definition) is 5. The maximum atomic E-state index is 12.6. The smallest absolute Gasteiger partial charge is 0.225 e. The molecule has 31 heavy (non-hydrogen) atoms. The highest BCUT2D eigenvalue weighted by atomic mass is 35.5. The first kappa shape index (κ1) is 19.7. The Bertz CT molecular complexity index is 1240. The van der Waals surface area contributed by atoms with Gasteiger partial charge in [0.05, 0.1) is 23.0 Å². The Morgan fingerprint density at radius 3 is 2.71 bits per heavy atom. The second-order valence-corrected chi connectivity index (χ2v) is 8.39. The van der Waals surface area contributed by atoms with Crippen molar-refractivity contribution in [2.75, 3.05) is 5.32 Å². The van der Waals surface area contributed by atoms with Gasteiger partial charge >= 0.3 is 0 Å². The molecule has 0 spiro atoms. The lowest BCUT2D eigenvalue weighted by Gasteiger charge is -2.11. The van der Waals surface area contributed by atoms with Gasteiger partial charge in [0, 0.05) is 17.5 Å². The van der Waals surface area contributed by atoms with E-state index in [4.69, 9.17) is 11.6 Å². The molecule has 9 heteroatoms. The number of rotatable bonds is 5. The number of fused-ring (bicyclic) bond motifs is 1. The molecule has 0 saturated heterocycles. The van der Waals surface area contributed by atoms with Crippen LogP contribution in [-0.4, -0.2) is 35.4 Å². The lowest BCUT2D eigenvalue weighted by molar-refractivity contribution is -0.117. The molecule has 1 amide bonds. The summed E-state index contributed by atoms with van der Waals surface area (Å²) in [5, 5.41) is 13.5. The number of carbonyl (C=O) groups is 1. The number of carbonyl (C=O) groups excluding carboxylic acids is 1. The van der Waals surface area contributed by atoms with Gasteiger partial charge in [-0.3, -0.25) is 4.79 Å². The van der Waals surface area contributed by atoms with Crippen LogP contribution in [0.3, 0.4) is 0 Å². The SMILES string of the molecule is Cc1cc(NC(=O)CC2CCCC2)n(-c2ncnc3c2cnn3-c2ccc(Cl)cc2)n1. The molecular formula is C22H22ClN7O. The maximum Gasteiger partial charge on any atom is 0.225 e. The number of benzene rings is 1. The van der Waals surface area contributed by atoms with Gasteiger partial charge < -0.3 is 5.32 Å². The van der Waals surface area contributed by atoms with Gasteiger partial charge in [0.2, 0.25) is 5.91 Å². The first-order chi connectivity index (χ1) is 15.1. The molecule has 1 aliphatic rings. The molecule has 1 fully saturated rings. The zero-order chi connectivity index (χ0) is 21.4. The van der Waals surface area contributed by atoms with Crippen LogP contribution in [0.15, 0.2) is 42.9 Å². The third-order valence-corrected chi connectivity index (χ3v) is 5.92. The number of amides is 1. The monoisotopic (exact) mass is 435 g/mol. The summed E-state index contributed by atoms with van der Waals surface area (Å²) in [6, 6.07) is 9.22. The van der Waals surface area contributed by atoms with Crippen molar-refractivity contribution in [1.82, 2.24) is 29.5 Å². The second kappa shape index (κ2) is 8.11. The molecule has 0 aliphatic heterocycles. The maximum absolute atomic E-state index is 12.6. The third kappa shape index (κ3) is 3.90. The van der Waals surface area contributed by atoms with Crippen molar-refractivity contribution in [3.63, 3.8) is 0 Å². The largest absolute Gasteiger partial charge is 0.311 e. The van der Waals surface area contributed by atoms with Crippen LogP contribution in [0.4, 0.5) is 5.82 Å². The molecule has 3 heterocycles. The quantitative estimate of drug-likeness (QED) is 0.499. The van der Waals surface area contributed by atoms with E-state index in [-0.39, 0.29) is 5.91 Å². The van der Waals surface area contributed by atoms with E-state index in [0.717, 1.165) is 29.6 Å². The number of aromatic nitrogens is 6. The lowest BCUT2D eigenvalue weighted by Crippen LogP contribution is -2.18. The van der Waals surface area contributed by atoms with Gasteiger partial charge in [-0.2, -0.15) is 14.9 Å². The predicted molar refractivity (Wildman–Crippen MR) is 119 cm³/mol. The Morgan fingerprint density at radius 2 is 1.94 bits per heavy atom. The van der Waals surface area contributed by atoms with E-state index in [9.17, 15) is 4.79 Å². The first-order valence-electron chi connectivity index (χ1n) is 10.4. The highest BCUT2D eigenvalue weighted by molar-refractivity contribution is 6.30. The molecule has 0 bridgehead atoms. The minimum Gasteiger partial charge on any atom is -0.311 e. The van der Waals surface area contributed by atoms with Crippen LogP contribution in [0.25, 0.3) is 22.5 Å². The van der Waals surface area contributed by atoms with Gasteiger partial charge in [0.1, 0.15) is 12.1 Å². The van der Waals surface area contributed by atoms with E-state index >= 15 is 0 Å². The number of halogens is 1. The van der Waals surface area contributed by atoms with Crippen molar-refractivity contribution >= 4 is 34.4 Å². The van der Waals surface area contributed by atoms with E-state index in [2.05, 4.69) is 25.5 Å². The highest BCUT2D eigenvalue weighted by Gasteiger charge is 2.21. The fourth-order valence-electron chi connectivity index (χ4n) is 4.19. The summed E-state index contributed by atoms with van der Waals surface area (Å²) in [4.78, 5) is 21.5. The molecule has 1 saturated carbocycles. The number of nitrogens with one attached hydrogen (secondary N) is 1. The van der Waals surface area contributed by atoms with Crippen molar-refractivity contribution in [3.8, 4) is 11.5 Å². The normalized spacial score (nSPS) is 14.4. The molecule has 4 aromatic rings. The summed E-state index contributed by atoms with van der Waals surface area (Å²) in [7, 11) is 0. The molecule has 158 valence electrons. The van der Waals surface area contributed by atoms with Crippen molar-refractivity contribution in [1.29, 1.82) is 0 Å². The molecule has 3 aromatic heterocycles. The summed E-state index contributed by atoms with van der Waals surface area (Å²) in [6.07, 6.45) is 8.41. The van der Waals surface area contributed by atoms with E-state index < -0.39 is 0 Å². The van der Waals surface area contributed by atoms with Crippen LogP contribution >= 0.6 is 11.6 Å². The molecule has 0 radical (unpaired) electrons. The number of aryl methyl sites for hydroxylation is 1. The Kier molecular flexibility index (Phi) is 5.15.